The molecule has 0 aliphatic heterocycles. The molecule has 0 aromatic heterocycles. The van der Waals surface area contributed by atoms with Crippen molar-refractivity contribution in [1.29, 1.82) is 0 Å². The Morgan fingerprint density at radius 3 is 2.67 bits per heavy atom. The molecular formula is C8H14O4. The quantitative estimate of drug-likeness (QED) is 0.459. The maximum atomic E-state index is 10.9. The van der Waals surface area contributed by atoms with E-state index in [0.717, 1.165) is 0 Å². The molecule has 70 valence electrons. The topological polar surface area (TPSA) is 66.8 Å². The van der Waals surface area contributed by atoms with Gasteiger partial charge in [-0.1, -0.05) is 6.08 Å². The lowest BCUT2D eigenvalue weighted by molar-refractivity contribution is -0.142. The lowest BCUT2D eigenvalue weighted by Crippen LogP contribution is -2.22. The van der Waals surface area contributed by atoms with Crippen LogP contribution in [0, 0.1) is 0 Å². The molecule has 0 rings (SSSR count). The van der Waals surface area contributed by atoms with Gasteiger partial charge in [-0.3, -0.25) is 0 Å². The van der Waals surface area contributed by atoms with E-state index in [2.05, 4.69) is 4.74 Å². The fraction of sp³-hybridized carbons (Fsp3) is 0.625. The minimum Gasteiger partial charge on any atom is -0.459 e. The van der Waals surface area contributed by atoms with Crippen LogP contribution in [0.5, 0.6) is 0 Å². The SMILES string of the molecule is CC=C(C)C(=O)OCC(O)CO. The molecule has 1 unspecified atom stereocenters. The first-order valence-electron chi connectivity index (χ1n) is 3.70. The van der Waals surface area contributed by atoms with Gasteiger partial charge in [0.15, 0.2) is 0 Å². The van der Waals surface area contributed by atoms with Crippen LogP contribution in [0.2, 0.25) is 0 Å². The minimum atomic E-state index is -0.987. The van der Waals surface area contributed by atoms with E-state index in [1.807, 2.05) is 0 Å². The number of allylic oxidation sites excluding steroid dienone is 1. The Morgan fingerprint density at radius 1 is 1.67 bits per heavy atom. The molecule has 0 saturated heterocycles. The molecule has 0 aromatic carbocycles. The number of hydrogen-bond donors (Lipinski definition) is 2. The maximum Gasteiger partial charge on any atom is 0.333 e. The molecular weight excluding hydrogens is 160 g/mol. The summed E-state index contributed by atoms with van der Waals surface area (Å²) < 4.78 is 4.63. The summed E-state index contributed by atoms with van der Waals surface area (Å²) in [4.78, 5) is 10.9. The van der Waals surface area contributed by atoms with Gasteiger partial charge >= 0.3 is 5.97 Å². The highest BCUT2D eigenvalue weighted by atomic mass is 16.5. The average molecular weight is 174 g/mol. The second-order valence-corrected chi connectivity index (χ2v) is 2.41. The van der Waals surface area contributed by atoms with Gasteiger partial charge in [-0.2, -0.15) is 0 Å². The number of esters is 1. The van der Waals surface area contributed by atoms with Gasteiger partial charge in [0.25, 0.3) is 0 Å². The van der Waals surface area contributed by atoms with E-state index >= 15 is 0 Å². The molecule has 0 radical (unpaired) electrons. The predicted octanol–water partition coefficient (Wildman–Crippen LogP) is -0.151. The van der Waals surface area contributed by atoms with Crippen LogP contribution in [-0.4, -0.2) is 35.5 Å². The summed E-state index contributed by atoms with van der Waals surface area (Å²) in [6, 6.07) is 0. The lowest BCUT2D eigenvalue weighted by Gasteiger charge is -2.07. The molecule has 0 saturated carbocycles. The fourth-order valence-corrected chi connectivity index (χ4v) is 0.456. The predicted molar refractivity (Wildman–Crippen MR) is 43.5 cm³/mol. The number of aliphatic hydroxyl groups is 2. The largest absolute Gasteiger partial charge is 0.459 e. The lowest BCUT2D eigenvalue weighted by atomic mass is 10.3. The van der Waals surface area contributed by atoms with Gasteiger partial charge in [0.1, 0.15) is 12.7 Å². The molecule has 0 heterocycles. The van der Waals surface area contributed by atoms with Crippen molar-refractivity contribution in [1.82, 2.24) is 0 Å². The van der Waals surface area contributed by atoms with Crippen molar-refractivity contribution in [3.05, 3.63) is 11.6 Å². The summed E-state index contributed by atoms with van der Waals surface area (Å²) in [5.74, 6) is -0.468. The van der Waals surface area contributed by atoms with Crippen molar-refractivity contribution in [2.45, 2.75) is 20.0 Å². The molecule has 1 atom stereocenters. The summed E-state index contributed by atoms with van der Waals surface area (Å²) in [6.45, 7) is 2.77. The Kier molecular flexibility index (Phi) is 5.32. The first kappa shape index (κ1) is 11.1. The second-order valence-electron chi connectivity index (χ2n) is 2.41. The van der Waals surface area contributed by atoms with Crippen LogP contribution in [0.4, 0.5) is 0 Å². The molecule has 12 heavy (non-hydrogen) atoms. The van der Waals surface area contributed by atoms with Crippen LogP contribution < -0.4 is 0 Å². The van der Waals surface area contributed by atoms with Crippen molar-refractivity contribution in [2.75, 3.05) is 13.2 Å². The van der Waals surface area contributed by atoms with E-state index in [0.29, 0.717) is 5.57 Å². The third kappa shape index (κ3) is 4.10. The minimum absolute atomic E-state index is 0.166. The van der Waals surface area contributed by atoms with Crippen molar-refractivity contribution < 1.29 is 19.7 Å². The van der Waals surface area contributed by atoms with Crippen LogP contribution in [0.1, 0.15) is 13.8 Å². The molecule has 0 aliphatic carbocycles. The molecule has 0 aromatic rings. The van der Waals surface area contributed by atoms with Crippen molar-refractivity contribution in [2.24, 2.45) is 0 Å². The van der Waals surface area contributed by atoms with Crippen LogP contribution in [0.15, 0.2) is 11.6 Å². The summed E-state index contributed by atoms with van der Waals surface area (Å²) >= 11 is 0. The first-order chi connectivity index (χ1) is 5.61. The summed E-state index contributed by atoms with van der Waals surface area (Å²) in [6.07, 6.45) is 0.631. The zero-order valence-corrected chi connectivity index (χ0v) is 7.28. The number of hydrogen-bond acceptors (Lipinski definition) is 4. The van der Waals surface area contributed by atoms with Crippen molar-refractivity contribution in [3.63, 3.8) is 0 Å². The number of ether oxygens (including phenoxy) is 1. The molecule has 0 spiro atoms. The number of carbonyl (C=O) groups is 1. The monoisotopic (exact) mass is 174 g/mol. The van der Waals surface area contributed by atoms with E-state index < -0.39 is 18.7 Å². The van der Waals surface area contributed by atoms with Gasteiger partial charge in [-0.05, 0) is 13.8 Å². The van der Waals surface area contributed by atoms with E-state index in [-0.39, 0.29) is 6.61 Å². The van der Waals surface area contributed by atoms with Crippen LogP contribution >= 0.6 is 0 Å². The van der Waals surface area contributed by atoms with Gasteiger partial charge in [0, 0.05) is 5.57 Å². The van der Waals surface area contributed by atoms with Crippen LogP contribution in [0.3, 0.4) is 0 Å². The smallest absolute Gasteiger partial charge is 0.333 e. The van der Waals surface area contributed by atoms with E-state index in [4.69, 9.17) is 10.2 Å². The standard InChI is InChI=1S/C8H14O4/c1-3-6(2)8(11)12-5-7(10)4-9/h3,7,9-10H,4-5H2,1-2H3. The Hall–Kier alpha value is -0.870. The molecule has 2 N–H and O–H groups in total. The van der Waals surface area contributed by atoms with Gasteiger partial charge < -0.3 is 14.9 Å². The van der Waals surface area contributed by atoms with Gasteiger partial charge in [-0.25, -0.2) is 4.79 Å². The summed E-state index contributed by atoms with van der Waals surface area (Å²) in [7, 11) is 0. The number of aliphatic hydroxyl groups excluding tert-OH is 2. The second kappa shape index (κ2) is 5.74. The van der Waals surface area contributed by atoms with Crippen LogP contribution in [-0.2, 0) is 9.53 Å². The third-order valence-electron chi connectivity index (χ3n) is 1.37. The van der Waals surface area contributed by atoms with Gasteiger partial charge in [-0.15, -0.1) is 0 Å². The Balaban J connectivity index is 3.72. The molecule has 0 aliphatic rings. The third-order valence-corrected chi connectivity index (χ3v) is 1.37. The molecule has 0 amide bonds. The van der Waals surface area contributed by atoms with Gasteiger partial charge in [0.2, 0.25) is 0 Å². The average Bonchev–Trinajstić information content (AvgIpc) is 2.11. The highest BCUT2D eigenvalue weighted by Crippen LogP contribution is 1.96. The zero-order chi connectivity index (χ0) is 9.56. The Labute approximate surface area is 71.5 Å². The summed E-state index contributed by atoms with van der Waals surface area (Å²) in [5.41, 5.74) is 0.486. The summed E-state index contributed by atoms with van der Waals surface area (Å²) in [5, 5.41) is 17.2. The fourth-order valence-electron chi connectivity index (χ4n) is 0.456. The number of rotatable bonds is 4. The zero-order valence-electron chi connectivity index (χ0n) is 7.28. The molecule has 4 heteroatoms. The van der Waals surface area contributed by atoms with Crippen molar-refractivity contribution in [3.8, 4) is 0 Å². The van der Waals surface area contributed by atoms with Gasteiger partial charge in [0.05, 0.1) is 6.61 Å². The highest BCUT2D eigenvalue weighted by molar-refractivity contribution is 5.87. The molecule has 0 fully saturated rings. The number of carbonyl (C=O) groups excluding carboxylic acids is 1. The van der Waals surface area contributed by atoms with Crippen LogP contribution in [0.25, 0.3) is 0 Å². The molecule has 4 nitrogen and oxygen atoms in total. The van der Waals surface area contributed by atoms with E-state index in [1.165, 1.54) is 0 Å². The first-order valence-corrected chi connectivity index (χ1v) is 3.70. The Bertz CT molecular complexity index is 174. The normalized spacial score (nSPS) is 14.2. The maximum absolute atomic E-state index is 10.9. The highest BCUT2D eigenvalue weighted by Gasteiger charge is 2.08. The Morgan fingerprint density at radius 2 is 2.25 bits per heavy atom. The van der Waals surface area contributed by atoms with E-state index in [1.54, 1.807) is 19.9 Å². The molecule has 0 bridgehead atoms. The van der Waals surface area contributed by atoms with E-state index in [9.17, 15) is 4.79 Å². The van der Waals surface area contributed by atoms with Crippen molar-refractivity contribution >= 4 is 5.97 Å².